The molecule has 0 amide bonds. The van der Waals surface area contributed by atoms with E-state index >= 15 is 0 Å². The molecule has 0 spiro atoms. The number of halogens is 1. The van der Waals surface area contributed by atoms with Gasteiger partial charge in [0.25, 0.3) is 0 Å². The second-order valence-corrected chi connectivity index (χ2v) is 7.29. The molecule has 26 heavy (non-hydrogen) atoms. The van der Waals surface area contributed by atoms with Crippen molar-refractivity contribution in [3.63, 3.8) is 0 Å². The number of ether oxygens (including phenoxy) is 1. The van der Waals surface area contributed by atoms with E-state index in [9.17, 15) is 9.18 Å². The van der Waals surface area contributed by atoms with Crippen LogP contribution < -0.4 is 0 Å². The minimum absolute atomic E-state index is 0.275. The lowest BCUT2D eigenvalue weighted by molar-refractivity contribution is -0.155. The molecule has 0 aliphatic heterocycles. The largest absolute Gasteiger partial charge is 0.460 e. The van der Waals surface area contributed by atoms with E-state index in [1.807, 2.05) is 71.0 Å². The smallest absolute Gasteiger partial charge is 0.323 e. The maximum Gasteiger partial charge on any atom is 0.323 e. The molecule has 0 saturated carbocycles. The van der Waals surface area contributed by atoms with Gasteiger partial charge >= 0.3 is 5.97 Å². The van der Waals surface area contributed by atoms with Crippen LogP contribution in [0.1, 0.15) is 37.5 Å². The van der Waals surface area contributed by atoms with Gasteiger partial charge < -0.3 is 4.74 Å². The van der Waals surface area contributed by atoms with Crippen LogP contribution in [0.3, 0.4) is 0 Å². The Morgan fingerprint density at radius 3 is 1.92 bits per heavy atom. The lowest BCUT2D eigenvalue weighted by Crippen LogP contribution is -2.43. The molecule has 0 bridgehead atoms. The van der Waals surface area contributed by atoms with Gasteiger partial charge in [0.05, 0.1) is 5.41 Å². The number of benzene rings is 2. The highest BCUT2D eigenvalue weighted by atomic mass is 19.1. The molecule has 2 aromatic carbocycles. The van der Waals surface area contributed by atoms with Crippen LogP contribution in [0.5, 0.6) is 0 Å². The number of likely N-dealkylation sites (N-methyl/N-ethyl adjacent to an activating group) is 1. The van der Waals surface area contributed by atoms with Crippen molar-refractivity contribution < 1.29 is 13.9 Å². The monoisotopic (exact) mass is 357 g/mol. The molecule has 2 aromatic rings. The number of aryl methyl sites for hydroxylation is 1. The second kappa shape index (κ2) is 8.00. The zero-order valence-electron chi connectivity index (χ0n) is 16.4. The van der Waals surface area contributed by atoms with Crippen LogP contribution in [0.25, 0.3) is 0 Å². The fourth-order valence-electron chi connectivity index (χ4n) is 2.93. The van der Waals surface area contributed by atoms with Gasteiger partial charge in [-0.1, -0.05) is 42.0 Å². The van der Waals surface area contributed by atoms with Crippen LogP contribution in [0, 0.1) is 12.7 Å². The highest BCUT2D eigenvalue weighted by Crippen LogP contribution is 2.37. The Morgan fingerprint density at radius 1 is 1.00 bits per heavy atom. The molecule has 0 radical (unpaired) electrons. The van der Waals surface area contributed by atoms with Gasteiger partial charge in [-0.2, -0.15) is 0 Å². The number of carbonyl (C=O) groups is 1. The lowest BCUT2D eigenvalue weighted by Gasteiger charge is -2.37. The van der Waals surface area contributed by atoms with Crippen molar-refractivity contribution in [2.24, 2.45) is 0 Å². The quantitative estimate of drug-likeness (QED) is 0.721. The number of nitrogens with zero attached hydrogens (tertiary/aromatic N) is 1. The molecule has 0 heterocycles. The first-order valence-electron chi connectivity index (χ1n) is 8.86. The molecule has 4 heteroatoms. The van der Waals surface area contributed by atoms with Gasteiger partial charge in [0.2, 0.25) is 0 Å². The highest BCUT2D eigenvalue weighted by Gasteiger charge is 2.38. The van der Waals surface area contributed by atoms with Crippen molar-refractivity contribution in [2.75, 3.05) is 14.1 Å². The molecule has 140 valence electrons. The second-order valence-electron chi connectivity index (χ2n) is 7.29. The third-order valence-electron chi connectivity index (χ3n) is 5.32. The summed E-state index contributed by atoms with van der Waals surface area (Å²) in [4.78, 5) is 14.3. The van der Waals surface area contributed by atoms with Gasteiger partial charge in [-0.3, -0.25) is 9.69 Å². The summed E-state index contributed by atoms with van der Waals surface area (Å²) in [5.74, 6) is -0.561. The minimum Gasteiger partial charge on any atom is -0.460 e. The Morgan fingerprint density at radius 2 is 1.46 bits per heavy atom. The molecule has 3 atom stereocenters. The summed E-state index contributed by atoms with van der Waals surface area (Å²) in [5.41, 5.74) is 2.48. The van der Waals surface area contributed by atoms with E-state index in [0.717, 1.165) is 16.7 Å². The Labute approximate surface area is 155 Å². The number of carbonyl (C=O) groups excluding carboxylic acids is 1. The Kier molecular flexibility index (Phi) is 6.19. The molecule has 0 fully saturated rings. The molecule has 2 rings (SSSR count). The first-order valence-corrected chi connectivity index (χ1v) is 8.86. The molecule has 1 unspecified atom stereocenters. The van der Waals surface area contributed by atoms with Gasteiger partial charge in [0, 0.05) is 0 Å². The summed E-state index contributed by atoms with van der Waals surface area (Å²) >= 11 is 0. The standard InChI is InChI=1S/C22H28FNO2/c1-15-7-9-18(10-8-15)22(4,19-11-13-20(23)14-12-19)17(3)26-21(25)16(2)24(5)6/h7-14,16-17H,1-6H3/t16-,17+,22?/m0/s1. The van der Waals surface area contributed by atoms with Crippen molar-refractivity contribution in [3.8, 4) is 0 Å². The van der Waals surface area contributed by atoms with E-state index in [-0.39, 0.29) is 17.8 Å². The third-order valence-corrected chi connectivity index (χ3v) is 5.32. The zero-order chi connectivity index (χ0) is 19.5. The van der Waals surface area contributed by atoms with Crippen molar-refractivity contribution in [3.05, 3.63) is 71.0 Å². The van der Waals surface area contributed by atoms with Crippen molar-refractivity contribution >= 4 is 5.97 Å². The van der Waals surface area contributed by atoms with E-state index in [0.29, 0.717) is 0 Å². The zero-order valence-corrected chi connectivity index (χ0v) is 16.4. The predicted octanol–water partition coefficient (Wildman–Crippen LogP) is 4.32. The average Bonchev–Trinajstić information content (AvgIpc) is 2.61. The van der Waals surface area contributed by atoms with Crippen LogP contribution in [-0.2, 0) is 14.9 Å². The first-order chi connectivity index (χ1) is 12.2. The maximum atomic E-state index is 13.4. The van der Waals surface area contributed by atoms with E-state index in [2.05, 4.69) is 0 Å². The summed E-state index contributed by atoms with van der Waals surface area (Å²) in [6.07, 6.45) is -0.425. The van der Waals surface area contributed by atoms with Gasteiger partial charge in [-0.15, -0.1) is 0 Å². The fraction of sp³-hybridized carbons (Fsp3) is 0.409. The lowest BCUT2D eigenvalue weighted by atomic mass is 9.72. The van der Waals surface area contributed by atoms with E-state index in [4.69, 9.17) is 4.74 Å². The van der Waals surface area contributed by atoms with Crippen LogP contribution >= 0.6 is 0 Å². The Balaban J connectivity index is 2.44. The summed E-state index contributed by atoms with van der Waals surface area (Å²) in [5, 5.41) is 0. The fourth-order valence-corrected chi connectivity index (χ4v) is 2.93. The van der Waals surface area contributed by atoms with E-state index in [1.54, 1.807) is 12.1 Å². The van der Waals surface area contributed by atoms with Crippen LogP contribution in [0.2, 0.25) is 0 Å². The first kappa shape index (κ1) is 20.1. The molecular weight excluding hydrogens is 329 g/mol. The highest BCUT2D eigenvalue weighted by molar-refractivity contribution is 5.75. The normalized spacial score (nSPS) is 16.0. The van der Waals surface area contributed by atoms with Crippen molar-refractivity contribution in [1.29, 1.82) is 0 Å². The molecule has 0 aliphatic rings. The third kappa shape index (κ3) is 4.13. The summed E-state index contributed by atoms with van der Waals surface area (Å²) in [6.45, 7) is 7.77. The number of hydrogen-bond acceptors (Lipinski definition) is 3. The molecule has 0 saturated heterocycles. The number of esters is 1. The molecular formula is C22H28FNO2. The van der Waals surface area contributed by atoms with Crippen molar-refractivity contribution in [2.45, 2.75) is 45.3 Å². The number of rotatable bonds is 6. The Bertz CT molecular complexity index is 692. The number of hydrogen-bond donors (Lipinski definition) is 0. The summed E-state index contributed by atoms with van der Waals surface area (Å²) < 4.78 is 19.3. The average molecular weight is 357 g/mol. The van der Waals surface area contributed by atoms with Gasteiger partial charge in [0.1, 0.15) is 18.0 Å². The van der Waals surface area contributed by atoms with Crippen molar-refractivity contribution in [1.82, 2.24) is 4.90 Å². The van der Waals surface area contributed by atoms with E-state index < -0.39 is 11.5 Å². The summed E-state index contributed by atoms with van der Waals surface area (Å²) in [6, 6.07) is 14.2. The SMILES string of the molecule is Cc1ccc(C(C)(c2ccc(F)cc2)[C@@H](C)OC(=O)[C@H](C)N(C)C)cc1. The van der Waals surface area contributed by atoms with Gasteiger partial charge in [-0.05, 0) is 65.0 Å². The molecule has 0 N–H and O–H groups in total. The molecule has 0 aromatic heterocycles. The minimum atomic E-state index is -0.594. The van der Waals surface area contributed by atoms with Crippen LogP contribution in [0.4, 0.5) is 4.39 Å². The molecule has 3 nitrogen and oxygen atoms in total. The Hall–Kier alpha value is -2.20. The van der Waals surface area contributed by atoms with Gasteiger partial charge in [0.15, 0.2) is 0 Å². The molecule has 0 aliphatic carbocycles. The van der Waals surface area contributed by atoms with Crippen LogP contribution in [0.15, 0.2) is 48.5 Å². The summed E-state index contributed by atoms with van der Waals surface area (Å²) in [7, 11) is 3.69. The maximum absolute atomic E-state index is 13.4. The van der Waals surface area contributed by atoms with E-state index in [1.165, 1.54) is 12.1 Å². The van der Waals surface area contributed by atoms with Gasteiger partial charge in [-0.25, -0.2) is 4.39 Å². The van der Waals surface area contributed by atoms with Crippen LogP contribution in [-0.4, -0.2) is 37.1 Å². The topological polar surface area (TPSA) is 29.5 Å². The predicted molar refractivity (Wildman–Crippen MR) is 103 cm³/mol.